The molecule has 1 unspecified atom stereocenters. The zero-order valence-corrected chi connectivity index (χ0v) is 8.42. The third-order valence-corrected chi connectivity index (χ3v) is 4.72. The van der Waals surface area contributed by atoms with Crippen LogP contribution in [0.1, 0.15) is 13.8 Å². The summed E-state index contributed by atoms with van der Waals surface area (Å²) in [6.45, 7) is 3.28. The van der Waals surface area contributed by atoms with Gasteiger partial charge in [0, 0.05) is 14.2 Å². The molecule has 1 heterocycles. The molecule has 6 heteroatoms. The van der Waals surface area contributed by atoms with Gasteiger partial charge in [-0.25, -0.2) is 9.36 Å². The number of carbonyl (C=O) groups is 1. The first-order chi connectivity index (χ1) is 5.35. The SMILES string of the molecule is COP1(=O)OC(=O)N(C)C1(C)C. The summed E-state index contributed by atoms with van der Waals surface area (Å²) in [5.74, 6) is 0. The van der Waals surface area contributed by atoms with Gasteiger partial charge in [-0.3, -0.25) is 4.90 Å². The van der Waals surface area contributed by atoms with Crippen molar-refractivity contribution in [2.45, 2.75) is 19.1 Å². The van der Waals surface area contributed by atoms with Gasteiger partial charge in [-0.2, -0.15) is 0 Å². The first kappa shape index (κ1) is 9.55. The lowest BCUT2D eigenvalue weighted by atomic mass is 10.3. The molecule has 0 saturated carbocycles. The van der Waals surface area contributed by atoms with Crippen LogP contribution in [0.4, 0.5) is 4.79 Å². The Morgan fingerprint density at radius 1 is 1.58 bits per heavy atom. The summed E-state index contributed by atoms with van der Waals surface area (Å²) < 4.78 is 21.1. The molecule has 0 aromatic heterocycles. The summed E-state index contributed by atoms with van der Waals surface area (Å²) in [4.78, 5) is 12.3. The number of carbonyl (C=O) groups excluding carboxylic acids is 1. The molecule has 0 radical (unpaired) electrons. The maximum absolute atomic E-state index is 11.7. The van der Waals surface area contributed by atoms with E-state index in [-0.39, 0.29) is 0 Å². The molecule has 1 fully saturated rings. The Hall–Kier alpha value is -0.540. The molecule has 1 amide bonds. The minimum atomic E-state index is -3.29. The van der Waals surface area contributed by atoms with Gasteiger partial charge in [0.25, 0.3) is 0 Å². The molecule has 70 valence electrons. The van der Waals surface area contributed by atoms with E-state index in [0.29, 0.717) is 0 Å². The Kier molecular flexibility index (Phi) is 1.97. The van der Waals surface area contributed by atoms with E-state index in [2.05, 4.69) is 4.52 Å². The number of rotatable bonds is 1. The van der Waals surface area contributed by atoms with Crippen LogP contribution in [0, 0.1) is 0 Å². The van der Waals surface area contributed by atoms with Crippen LogP contribution < -0.4 is 0 Å². The molecule has 1 atom stereocenters. The first-order valence-corrected chi connectivity index (χ1v) is 5.02. The van der Waals surface area contributed by atoms with Gasteiger partial charge >= 0.3 is 13.7 Å². The van der Waals surface area contributed by atoms with E-state index < -0.39 is 19.0 Å². The highest BCUT2D eigenvalue weighted by molar-refractivity contribution is 7.56. The zero-order valence-electron chi connectivity index (χ0n) is 7.53. The van der Waals surface area contributed by atoms with Crippen molar-refractivity contribution in [1.82, 2.24) is 4.90 Å². The Morgan fingerprint density at radius 3 is 2.25 bits per heavy atom. The molecule has 1 aliphatic heterocycles. The highest BCUT2D eigenvalue weighted by atomic mass is 31.2. The van der Waals surface area contributed by atoms with E-state index in [4.69, 9.17) is 4.52 Å². The monoisotopic (exact) mass is 193 g/mol. The maximum atomic E-state index is 11.7. The van der Waals surface area contributed by atoms with Crippen LogP contribution in [0.25, 0.3) is 0 Å². The average molecular weight is 193 g/mol. The van der Waals surface area contributed by atoms with Crippen molar-refractivity contribution >= 4 is 13.7 Å². The van der Waals surface area contributed by atoms with E-state index >= 15 is 0 Å². The van der Waals surface area contributed by atoms with Crippen molar-refractivity contribution in [3.63, 3.8) is 0 Å². The zero-order chi connectivity index (χ0) is 9.57. The normalized spacial score (nSPS) is 33.7. The summed E-state index contributed by atoms with van der Waals surface area (Å²) >= 11 is 0. The van der Waals surface area contributed by atoms with E-state index in [0.717, 1.165) is 0 Å². The fourth-order valence-electron chi connectivity index (χ4n) is 0.944. The lowest BCUT2D eigenvalue weighted by Gasteiger charge is -2.26. The molecule has 0 aromatic rings. The van der Waals surface area contributed by atoms with Gasteiger partial charge in [0.05, 0.1) is 0 Å². The Balaban J connectivity index is 3.11. The van der Waals surface area contributed by atoms with Crippen LogP contribution in [0.5, 0.6) is 0 Å². The van der Waals surface area contributed by atoms with Gasteiger partial charge in [0.15, 0.2) is 5.28 Å². The molecule has 1 aliphatic rings. The summed E-state index contributed by atoms with van der Waals surface area (Å²) in [6.07, 6.45) is -0.606. The topological polar surface area (TPSA) is 55.8 Å². The van der Waals surface area contributed by atoms with Gasteiger partial charge in [0.1, 0.15) is 0 Å². The van der Waals surface area contributed by atoms with Crippen LogP contribution in [0.3, 0.4) is 0 Å². The molecule has 0 aromatic carbocycles. The Bertz CT molecular complexity index is 262. The quantitative estimate of drug-likeness (QED) is 0.594. The second kappa shape index (κ2) is 2.47. The van der Waals surface area contributed by atoms with Gasteiger partial charge in [0.2, 0.25) is 0 Å². The molecule has 1 saturated heterocycles. The molecule has 0 aliphatic carbocycles. The van der Waals surface area contributed by atoms with Gasteiger partial charge in [-0.05, 0) is 13.8 Å². The smallest absolute Gasteiger partial charge is 0.373 e. The summed E-state index contributed by atoms with van der Waals surface area (Å²) in [6, 6.07) is 0. The summed E-state index contributed by atoms with van der Waals surface area (Å²) in [5, 5.41) is -0.876. The molecular formula is C6H12NO4P. The van der Waals surface area contributed by atoms with Crippen LogP contribution >= 0.6 is 7.60 Å². The molecule has 12 heavy (non-hydrogen) atoms. The number of hydrogen-bond donors (Lipinski definition) is 0. The standard InChI is InChI=1S/C6H12NO4P/c1-6(2)7(3)5(8)11-12(6,9)10-4/h1-4H3. The van der Waals surface area contributed by atoms with Crippen LogP contribution in [-0.4, -0.2) is 30.4 Å². The average Bonchev–Trinajstić information content (AvgIpc) is 2.14. The molecule has 1 rings (SSSR count). The van der Waals surface area contributed by atoms with Crippen molar-refractivity contribution in [2.75, 3.05) is 14.2 Å². The molecule has 5 nitrogen and oxygen atoms in total. The second-order valence-electron chi connectivity index (χ2n) is 3.09. The maximum Gasteiger partial charge on any atom is 0.417 e. The highest BCUT2D eigenvalue weighted by Crippen LogP contribution is 2.64. The predicted octanol–water partition coefficient (Wildman–Crippen LogP) is 1.64. The minimum absolute atomic E-state index is 0.606. The van der Waals surface area contributed by atoms with E-state index in [1.165, 1.54) is 19.1 Å². The van der Waals surface area contributed by atoms with Crippen molar-refractivity contribution in [3.8, 4) is 0 Å². The Morgan fingerprint density at radius 2 is 2.08 bits per heavy atom. The highest BCUT2D eigenvalue weighted by Gasteiger charge is 2.57. The largest absolute Gasteiger partial charge is 0.417 e. The van der Waals surface area contributed by atoms with Crippen molar-refractivity contribution in [2.24, 2.45) is 0 Å². The fourth-order valence-corrected chi connectivity index (χ4v) is 2.47. The molecular weight excluding hydrogens is 181 g/mol. The lowest BCUT2D eigenvalue weighted by Crippen LogP contribution is -2.36. The van der Waals surface area contributed by atoms with E-state index in [1.54, 1.807) is 13.8 Å². The lowest BCUT2D eigenvalue weighted by molar-refractivity contribution is 0.170. The van der Waals surface area contributed by atoms with Crippen molar-refractivity contribution in [3.05, 3.63) is 0 Å². The summed E-state index contributed by atoms with van der Waals surface area (Å²) in [7, 11) is -0.488. The van der Waals surface area contributed by atoms with E-state index in [1.807, 2.05) is 0 Å². The first-order valence-electron chi connectivity index (χ1n) is 3.48. The third kappa shape index (κ3) is 0.967. The van der Waals surface area contributed by atoms with Crippen molar-refractivity contribution in [1.29, 1.82) is 0 Å². The number of amides is 1. The molecule has 0 bridgehead atoms. The van der Waals surface area contributed by atoms with Crippen LogP contribution in [0.2, 0.25) is 0 Å². The van der Waals surface area contributed by atoms with Crippen LogP contribution in [0.15, 0.2) is 0 Å². The Labute approximate surface area is 71.2 Å². The predicted molar refractivity (Wildman–Crippen MR) is 42.9 cm³/mol. The fraction of sp³-hybridized carbons (Fsp3) is 0.833. The van der Waals surface area contributed by atoms with Gasteiger partial charge in [-0.15, -0.1) is 0 Å². The number of nitrogens with zero attached hydrogens (tertiary/aromatic N) is 1. The summed E-state index contributed by atoms with van der Waals surface area (Å²) in [5.41, 5.74) is 0. The minimum Gasteiger partial charge on any atom is -0.373 e. The van der Waals surface area contributed by atoms with Gasteiger partial charge < -0.3 is 9.05 Å². The number of hydrogen-bond acceptors (Lipinski definition) is 4. The van der Waals surface area contributed by atoms with Crippen molar-refractivity contribution < 1.29 is 18.4 Å². The van der Waals surface area contributed by atoms with E-state index in [9.17, 15) is 9.36 Å². The van der Waals surface area contributed by atoms with Crippen LogP contribution in [-0.2, 0) is 13.6 Å². The second-order valence-corrected chi connectivity index (χ2v) is 5.73. The molecule has 0 N–H and O–H groups in total. The third-order valence-electron chi connectivity index (χ3n) is 2.20. The molecule has 0 spiro atoms. The van der Waals surface area contributed by atoms with Gasteiger partial charge in [-0.1, -0.05) is 0 Å².